The molecule has 1 amide bonds. The molecule has 1 unspecified atom stereocenters. The van der Waals surface area contributed by atoms with Crippen LogP contribution in [0.5, 0.6) is 5.75 Å². The molecule has 1 N–H and O–H groups in total. The lowest BCUT2D eigenvalue weighted by Crippen LogP contribution is -2.28. The van der Waals surface area contributed by atoms with Gasteiger partial charge in [-0.05, 0) is 52.0 Å². The topological polar surface area (TPSA) is 82.2 Å². The minimum atomic E-state index is -0.317. The summed E-state index contributed by atoms with van der Waals surface area (Å²) in [6.45, 7) is 8.63. The number of ether oxygens (including phenoxy) is 1. The van der Waals surface area contributed by atoms with E-state index in [4.69, 9.17) is 20.9 Å². The van der Waals surface area contributed by atoms with E-state index in [0.717, 1.165) is 17.8 Å². The Labute approximate surface area is 168 Å². The largest absolute Gasteiger partial charge is 0.489 e. The van der Waals surface area contributed by atoms with Gasteiger partial charge in [0, 0.05) is 22.8 Å². The Kier molecular flexibility index (Phi) is 6.04. The van der Waals surface area contributed by atoms with Gasteiger partial charge in [0.25, 0.3) is 5.91 Å². The predicted molar refractivity (Wildman–Crippen MR) is 106 cm³/mol. The van der Waals surface area contributed by atoms with Gasteiger partial charge in [0.2, 0.25) is 0 Å². The zero-order valence-corrected chi connectivity index (χ0v) is 17.1. The second kappa shape index (κ2) is 8.48. The predicted octanol–water partition coefficient (Wildman–Crippen LogP) is 4.23. The van der Waals surface area contributed by atoms with Gasteiger partial charge in [-0.1, -0.05) is 16.8 Å². The van der Waals surface area contributed by atoms with Crippen LogP contribution in [0.4, 0.5) is 0 Å². The summed E-state index contributed by atoms with van der Waals surface area (Å²) in [5.41, 5.74) is 2.83. The maximum Gasteiger partial charge on any atom is 0.274 e. The van der Waals surface area contributed by atoms with E-state index < -0.39 is 0 Å². The van der Waals surface area contributed by atoms with Crippen molar-refractivity contribution in [1.29, 1.82) is 0 Å². The molecule has 8 heteroatoms. The number of nitrogens with one attached hydrogen (secondary N) is 1. The number of rotatable bonds is 7. The number of nitrogens with zero attached hydrogens (tertiary/aromatic N) is 3. The third-order valence-corrected chi connectivity index (χ3v) is 4.90. The molecule has 7 nitrogen and oxygen atoms in total. The summed E-state index contributed by atoms with van der Waals surface area (Å²) in [6, 6.07) is 6.80. The number of benzene rings is 1. The van der Waals surface area contributed by atoms with Crippen LogP contribution in [0.15, 0.2) is 35.0 Å². The molecule has 0 radical (unpaired) electrons. The van der Waals surface area contributed by atoms with Crippen LogP contribution in [-0.2, 0) is 13.2 Å². The zero-order chi connectivity index (χ0) is 20.3. The third kappa shape index (κ3) is 4.20. The first-order chi connectivity index (χ1) is 13.4. The van der Waals surface area contributed by atoms with Crippen LogP contribution >= 0.6 is 11.6 Å². The number of hydrogen-bond acceptors (Lipinski definition) is 5. The molecule has 2 aromatic heterocycles. The summed E-state index contributed by atoms with van der Waals surface area (Å²) in [5, 5.41) is 11.8. The van der Waals surface area contributed by atoms with Crippen molar-refractivity contribution in [3.63, 3.8) is 0 Å². The van der Waals surface area contributed by atoms with E-state index in [1.54, 1.807) is 37.4 Å². The Hall–Kier alpha value is -2.80. The zero-order valence-electron chi connectivity index (χ0n) is 16.3. The van der Waals surface area contributed by atoms with Crippen LogP contribution < -0.4 is 10.1 Å². The van der Waals surface area contributed by atoms with E-state index >= 15 is 0 Å². The van der Waals surface area contributed by atoms with Crippen molar-refractivity contribution in [1.82, 2.24) is 20.3 Å². The van der Waals surface area contributed by atoms with Crippen molar-refractivity contribution in [2.75, 3.05) is 0 Å². The summed E-state index contributed by atoms with van der Waals surface area (Å²) in [7, 11) is 0. The number of carbonyl (C=O) groups excluding carboxylic acids is 1. The maximum atomic E-state index is 12.8. The molecule has 0 saturated carbocycles. The van der Waals surface area contributed by atoms with Crippen molar-refractivity contribution in [2.24, 2.45) is 0 Å². The average Bonchev–Trinajstić information content (AvgIpc) is 3.23. The van der Waals surface area contributed by atoms with Gasteiger partial charge < -0.3 is 14.6 Å². The van der Waals surface area contributed by atoms with Crippen molar-refractivity contribution >= 4 is 17.5 Å². The van der Waals surface area contributed by atoms with E-state index in [-0.39, 0.29) is 24.2 Å². The average molecular weight is 403 g/mol. The molecule has 0 aliphatic rings. The van der Waals surface area contributed by atoms with Crippen molar-refractivity contribution in [3.05, 3.63) is 63.8 Å². The van der Waals surface area contributed by atoms with Crippen LogP contribution in [0.25, 0.3) is 0 Å². The maximum absolute atomic E-state index is 12.8. The first-order valence-electron chi connectivity index (χ1n) is 9.07. The molecule has 0 bridgehead atoms. The number of amides is 1. The van der Waals surface area contributed by atoms with Crippen LogP contribution in [0.2, 0.25) is 5.02 Å². The highest BCUT2D eigenvalue weighted by atomic mass is 35.5. The van der Waals surface area contributed by atoms with Crippen LogP contribution in [0.3, 0.4) is 0 Å². The lowest BCUT2D eigenvalue weighted by atomic mass is 10.1. The van der Waals surface area contributed by atoms with Crippen LogP contribution in [-0.4, -0.2) is 20.8 Å². The van der Waals surface area contributed by atoms with Gasteiger partial charge in [0.15, 0.2) is 5.69 Å². The Morgan fingerprint density at radius 1 is 1.32 bits per heavy atom. The standard InChI is InChI=1S/C20H23ClN4O3/c1-5-25-13(3)17(10-22-25)12(2)23-20(26)19-18(14(4)28-24-19)11-27-16-8-6-15(21)7-9-16/h6-10,12H,5,11H2,1-4H3,(H,23,26). The smallest absolute Gasteiger partial charge is 0.274 e. The fourth-order valence-electron chi connectivity index (χ4n) is 2.97. The Balaban J connectivity index is 1.71. The van der Waals surface area contributed by atoms with Gasteiger partial charge in [-0.3, -0.25) is 9.48 Å². The lowest BCUT2D eigenvalue weighted by Gasteiger charge is -2.14. The van der Waals surface area contributed by atoms with Gasteiger partial charge in [0.05, 0.1) is 17.8 Å². The van der Waals surface area contributed by atoms with E-state index in [1.807, 2.05) is 25.5 Å². The van der Waals surface area contributed by atoms with E-state index in [9.17, 15) is 4.79 Å². The minimum Gasteiger partial charge on any atom is -0.489 e. The summed E-state index contributed by atoms with van der Waals surface area (Å²) < 4.78 is 12.9. The van der Waals surface area contributed by atoms with Gasteiger partial charge in [-0.2, -0.15) is 5.10 Å². The summed E-state index contributed by atoms with van der Waals surface area (Å²) in [4.78, 5) is 12.8. The summed E-state index contributed by atoms with van der Waals surface area (Å²) in [6.07, 6.45) is 1.78. The molecule has 0 spiro atoms. The van der Waals surface area contributed by atoms with Crippen molar-refractivity contribution < 1.29 is 14.1 Å². The van der Waals surface area contributed by atoms with E-state index in [1.165, 1.54) is 0 Å². The fraction of sp³-hybridized carbons (Fsp3) is 0.350. The molecule has 148 valence electrons. The molecule has 28 heavy (non-hydrogen) atoms. The number of aromatic nitrogens is 3. The number of carbonyl (C=O) groups is 1. The third-order valence-electron chi connectivity index (χ3n) is 4.65. The Morgan fingerprint density at radius 2 is 2.04 bits per heavy atom. The monoisotopic (exact) mass is 402 g/mol. The molecular weight excluding hydrogens is 380 g/mol. The molecule has 2 heterocycles. The molecule has 0 aliphatic carbocycles. The molecule has 0 fully saturated rings. The fourth-order valence-corrected chi connectivity index (χ4v) is 3.10. The molecular formula is C20H23ClN4O3. The summed E-state index contributed by atoms with van der Waals surface area (Å²) >= 11 is 5.88. The molecule has 1 atom stereocenters. The highest BCUT2D eigenvalue weighted by Gasteiger charge is 2.23. The van der Waals surface area contributed by atoms with Crippen molar-refractivity contribution in [2.45, 2.75) is 46.9 Å². The first kappa shape index (κ1) is 19.9. The second-order valence-corrected chi connectivity index (χ2v) is 6.94. The van der Waals surface area contributed by atoms with E-state index in [0.29, 0.717) is 22.1 Å². The number of halogens is 1. The molecule has 0 aliphatic heterocycles. The molecule has 3 aromatic rings. The van der Waals surface area contributed by atoms with Gasteiger partial charge in [-0.25, -0.2) is 0 Å². The molecule has 1 aromatic carbocycles. The molecule has 0 saturated heterocycles. The first-order valence-corrected chi connectivity index (χ1v) is 9.45. The van der Waals surface area contributed by atoms with Crippen molar-refractivity contribution in [3.8, 4) is 5.75 Å². The minimum absolute atomic E-state index is 0.168. The van der Waals surface area contributed by atoms with Crippen LogP contribution in [0, 0.1) is 13.8 Å². The molecule has 3 rings (SSSR count). The normalized spacial score (nSPS) is 12.0. The quantitative estimate of drug-likeness (QED) is 0.639. The Bertz CT molecular complexity index is 962. The van der Waals surface area contributed by atoms with Gasteiger partial charge in [-0.15, -0.1) is 0 Å². The van der Waals surface area contributed by atoms with Crippen LogP contribution in [0.1, 0.15) is 53.0 Å². The highest BCUT2D eigenvalue weighted by Crippen LogP contribution is 2.21. The SMILES string of the molecule is CCn1ncc(C(C)NC(=O)c2noc(C)c2COc2ccc(Cl)cc2)c1C. The number of aryl methyl sites for hydroxylation is 2. The lowest BCUT2D eigenvalue weighted by molar-refractivity contribution is 0.0928. The Morgan fingerprint density at radius 3 is 2.68 bits per heavy atom. The van der Waals surface area contributed by atoms with Gasteiger partial charge in [0.1, 0.15) is 18.1 Å². The highest BCUT2D eigenvalue weighted by molar-refractivity contribution is 6.30. The number of hydrogen-bond donors (Lipinski definition) is 1. The summed E-state index contributed by atoms with van der Waals surface area (Å²) in [5.74, 6) is 0.872. The van der Waals surface area contributed by atoms with E-state index in [2.05, 4.69) is 15.6 Å². The van der Waals surface area contributed by atoms with Gasteiger partial charge >= 0.3 is 0 Å². The second-order valence-electron chi connectivity index (χ2n) is 6.50.